The van der Waals surface area contributed by atoms with Crippen molar-refractivity contribution >= 4 is 0 Å². The summed E-state index contributed by atoms with van der Waals surface area (Å²) in [5.74, 6) is 0. The molecule has 0 saturated carbocycles. The molecule has 0 atom stereocenters. The van der Waals surface area contributed by atoms with E-state index < -0.39 is 0 Å². The van der Waals surface area contributed by atoms with E-state index in [9.17, 15) is 0 Å². The average Bonchev–Trinajstić information content (AvgIpc) is 2.05. The van der Waals surface area contributed by atoms with E-state index in [4.69, 9.17) is 0 Å². The van der Waals surface area contributed by atoms with E-state index in [2.05, 4.69) is 35.2 Å². The third kappa shape index (κ3) is 1.94. The maximum Gasteiger partial charge on any atom is 0.0345 e. The lowest BCUT2D eigenvalue weighted by Crippen LogP contribution is -2.55. The highest BCUT2D eigenvalue weighted by Crippen LogP contribution is 2.11. The second kappa shape index (κ2) is 4.07. The minimum absolute atomic E-state index is 0.703. The van der Waals surface area contributed by atoms with Gasteiger partial charge in [-0.1, -0.05) is 0 Å². The van der Waals surface area contributed by atoms with Crippen molar-refractivity contribution in [3.8, 4) is 0 Å². The van der Waals surface area contributed by atoms with Gasteiger partial charge in [-0.2, -0.15) is 0 Å². The number of likely N-dealkylation sites (N-methyl/N-ethyl adjacent to an activating group) is 1. The number of pyridine rings is 1. The van der Waals surface area contributed by atoms with Crippen molar-refractivity contribution in [2.45, 2.75) is 19.5 Å². The molecule has 0 unspecified atom stereocenters. The topological polar surface area (TPSA) is 28.2 Å². The lowest BCUT2D eigenvalue weighted by atomic mass is 10.1. The normalized spacial score (nSPS) is 17.1. The molecule has 3 nitrogen and oxygen atoms in total. The first kappa shape index (κ1) is 9.62. The van der Waals surface area contributed by atoms with Crippen LogP contribution in [-0.4, -0.2) is 36.1 Å². The zero-order valence-electron chi connectivity index (χ0n) is 8.83. The number of nitrogens with zero attached hydrogens (tertiary/aromatic N) is 2. The fraction of sp³-hybridized carbons (Fsp3) is 0.545. The van der Waals surface area contributed by atoms with Crippen LogP contribution in [-0.2, 0) is 6.54 Å². The van der Waals surface area contributed by atoms with Gasteiger partial charge in [0.15, 0.2) is 0 Å². The molecule has 0 radical (unpaired) electrons. The highest BCUT2D eigenvalue weighted by atomic mass is 15.2. The Kier molecular flexibility index (Phi) is 2.79. The summed E-state index contributed by atoms with van der Waals surface area (Å²) in [6, 6.07) is 2.77. The number of hydrogen-bond donors (Lipinski definition) is 1. The van der Waals surface area contributed by atoms with E-state index in [1.165, 1.54) is 11.1 Å². The summed E-state index contributed by atoms with van der Waals surface area (Å²) >= 11 is 0. The molecule has 0 aliphatic carbocycles. The fourth-order valence-corrected chi connectivity index (χ4v) is 1.65. The molecular formula is C11H17N3. The predicted molar refractivity (Wildman–Crippen MR) is 57.1 cm³/mol. The van der Waals surface area contributed by atoms with Crippen molar-refractivity contribution in [1.29, 1.82) is 0 Å². The smallest absolute Gasteiger partial charge is 0.0345 e. The Bertz CT molecular complexity index is 307. The van der Waals surface area contributed by atoms with Crippen molar-refractivity contribution in [1.82, 2.24) is 15.2 Å². The van der Waals surface area contributed by atoms with Crippen molar-refractivity contribution in [2.24, 2.45) is 0 Å². The van der Waals surface area contributed by atoms with Crippen LogP contribution < -0.4 is 5.32 Å². The molecule has 14 heavy (non-hydrogen) atoms. The van der Waals surface area contributed by atoms with Crippen LogP contribution in [0, 0.1) is 6.92 Å². The first-order valence-corrected chi connectivity index (χ1v) is 5.08. The van der Waals surface area contributed by atoms with Crippen LogP contribution in [0.15, 0.2) is 18.5 Å². The maximum absolute atomic E-state index is 4.16. The number of rotatable bonds is 3. The van der Waals surface area contributed by atoms with Crippen LogP contribution in [0.1, 0.15) is 11.1 Å². The summed E-state index contributed by atoms with van der Waals surface area (Å²) < 4.78 is 0. The maximum atomic E-state index is 4.16. The van der Waals surface area contributed by atoms with Crippen molar-refractivity contribution < 1.29 is 0 Å². The van der Waals surface area contributed by atoms with E-state index in [1.54, 1.807) is 0 Å². The fourth-order valence-electron chi connectivity index (χ4n) is 1.65. The van der Waals surface area contributed by atoms with Gasteiger partial charge in [0.2, 0.25) is 0 Å². The van der Waals surface area contributed by atoms with Gasteiger partial charge in [-0.05, 0) is 31.2 Å². The Morgan fingerprint density at radius 2 is 2.36 bits per heavy atom. The molecule has 1 aliphatic rings. The zero-order valence-corrected chi connectivity index (χ0v) is 8.83. The van der Waals surface area contributed by atoms with Crippen LogP contribution in [0.4, 0.5) is 0 Å². The standard InChI is InChI=1S/C11H17N3/c1-9-3-4-12-5-10(9)8-14(2)11-6-13-7-11/h3-5,11,13H,6-8H2,1-2H3. The lowest BCUT2D eigenvalue weighted by molar-refractivity contribution is 0.172. The van der Waals surface area contributed by atoms with Gasteiger partial charge in [0.1, 0.15) is 0 Å². The largest absolute Gasteiger partial charge is 0.314 e. The molecule has 0 spiro atoms. The highest BCUT2D eigenvalue weighted by molar-refractivity contribution is 5.21. The minimum atomic E-state index is 0.703. The lowest BCUT2D eigenvalue weighted by Gasteiger charge is -2.35. The second-order valence-corrected chi connectivity index (χ2v) is 4.03. The van der Waals surface area contributed by atoms with Crippen LogP contribution in [0.2, 0.25) is 0 Å². The van der Waals surface area contributed by atoms with Gasteiger partial charge < -0.3 is 5.32 Å². The molecular weight excluding hydrogens is 174 g/mol. The molecule has 76 valence electrons. The van der Waals surface area contributed by atoms with Crippen LogP contribution in [0.5, 0.6) is 0 Å². The number of hydrogen-bond acceptors (Lipinski definition) is 3. The predicted octanol–water partition coefficient (Wildman–Crippen LogP) is 0.794. The number of nitrogens with one attached hydrogen (secondary N) is 1. The summed E-state index contributed by atoms with van der Waals surface area (Å²) in [7, 11) is 2.18. The summed E-state index contributed by atoms with van der Waals surface area (Å²) in [6.07, 6.45) is 3.82. The average molecular weight is 191 g/mol. The van der Waals surface area contributed by atoms with Gasteiger partial charge in [-0.3, -0.25) is 9.88 Å². The molecule has 2 heterocycles. The van der Waals surface area contributed by atoms with Gasteiger partial charge in [-0.15, -0.1) is 0 Å². The van der Waals surface area contributed by atoms with Gasteiger partial charge in [0.05, 0.1) is 0 Å². The van der Waals surface area contributed by atoms with Crippen LogP contribution in [0.3, 0.4) is 0 Å². The number of aromatic nitrogens is 1. The molecule has 1 fully saturated rings. The molecule has 3 heteroatoms. The van der Waals surface area contributed by atoms with E-state index in [0.29, 0.717) is 6.04 Å². The Balaban J connectivity index is 1.99. The molecule has 1 aromatic rings. The van der Waals surface area contributed by atoms with E-state index in [0.717, 1.165) is 19.6 Å². The Morgan fingerprint density at radius 1 is 1.57 bits per heavy atom. The van der Waals surface area contributed by atoms with Gasteiger partial charge >= 0.3 is 0 Å². The first-order chi connectivity index (χ1) is 6.77. The van der Waals surface area contributed by atoms with Gasteiger partial charge in [-0.25, -0.2) is 0 Å². The molecule has 0 aromatic carbocycles. The molecule has 1 aromatic heterocycles. The summed E-state index contributed by atoms with van der Waals surface area (Å²) in [6.45, 7) is 5.39. The van der Waals surface area contributed by atoms with Crippen LogP contribution >= 0.6 is 0 Å². The molecule has 1 aliphatic heterocycles. The molecule has 1 N–H and O–H groups in total. The summed E-state index contributed by atoms with van der Waals surface area (Å²) in [5, 5.41) is 3.29. The monoisotopic (exact) mass is 191 g/mol. The van der Waals surface area contributed by atoms with Crippen LogP contribution in [0.25, 0.3) is 0 Å². The molecule has 0 bridgehead atoms. The number of aryl methyl sites for hydroxylation is 1. The van der Waals surface area contributed by atoms with Gasteiger partial charge in [0, 0.05) is 38.1 Å². The SMILES string of the molecule is Cc1ccncc1CN(C)C1CNC1. The quantitative estimate of drug-likeness (QED) is 0.765. The third-order valence-electron chi connectivity index (χ3n) is 2.95. The Hall–Kier alpha value is -0.930. The van der Waals surface area contributed by atoms with Crippen molar-refractivity contribution in [3.05, 3.63) is 29.6 Å². The molecule has 1 saturated heterocycles. The Labute approximate surface area is 85.1 Å². The van der Waals surface area contributed by atoms with Gasteiger partial charge in [0.25, 0.3) is 0 Å². The summed E-state index contributed by atoms with van der Waals surface area (Å²) in [4.78, 5) is 6.55. The highest BCUT2D eigenvalue weighted by Gasteiger charge is 2.21. The van der Waals surface area contributed by atoms with E-state index >= 15 is 0 Å². The minimum Gasteiger partial charge on any atom is -0.314 e. The van der Waals surface area contributed by atoms with E-state index in [-0.39, 0.29) is 0 Å². The molecule has 0 amide bonds. The van der Waals surface area contributed by atoms with Crippen molar-refractivity contribution in [2.75, 3.05) is 20.1 Å². The van der Waals surface area contributed by atoms with Crippen molar-refractivity contribution in [3.63, 3.8) is 0 Å². The second-order valence-electron chi connectivity index (χ2n) is 4.03. The summed E-state index contributed by atoms with van der Waals surface area (Å²) in [5.41, 5.74) is 2.67. The first-order valence-electron chi connectivity index (χ1n) is 5.08. The van der Waals surface area contributed by atoms with E-state index in [1.807, 2.05) is 12.4 Å². The zero-order chi connectivity index (χ0) is 9.97. The third-order valence-corrected chi connectivity index (χ3v) is 2.95. The Morgan fingerprint density at radius 3 is 2.93 bits per heavy atom. The molecule has 2 rings (SSSR count).